The van der Waals surface area contributed by atoms with Crippen molar-refractivity contribution in [2.75, 3.05) is 26.8 Å². The first-order chi connectivity index (χ1) is 12.9. The molecule has 1 atom stereocenters. The van der Waals surface area contributed by atoms with Crippen molar-refractivity contribution >= 4 is 27.3 Å². The maximum absolute atomic E-state index is 13.3. The Morgan fingerprint density at radius 2 is 2.15 bits per heavy atom. The molecule has 2 aliphatic heterocycles. The summed E-state index contributed by atoms with van der Waals surface area (Å²) in [6, 6.07) is 7.11. The average Bonchev–Trinajstić information content (AvgIpc) is 3.30. The van der Waals surface area contributed by atoms with Gasteiger partial charge in [-0.1, -0.05) is 18.2 Å². The highest BCUT2D eigenvalue weighted by molar-refractivity contribution is 7.89. The zero-order valence-electron chi connectivity index (χ0n) is 15.2. The molecule has 7 nitrogen and oxygen atoms in total. The van der Waals surface area contributed by atoms with Gasteiger partial charge < -0.3 is 9.64 Å². The largest absolute Gasteiger partial charge is 0.375 e. The number of carbonyl (C=O) groups is 1. The molecule has 0 saturated carbocycles. The van der Waals surface area contributed by atoms with Crippen LogP contribution in [0.5, 0.6) is 0 Å². The van der Waals surface area contributed by atoms with Crippen LogP contribution in [0.4, 0.5) is 0 Å². The molecule has 144 valence electrons. The first-order valence-corrected chi connectivity index (χ1v) is 11.0. The van der Waals surface area contributed by atoms with Crippen molar-refractivity contribution in [1.82, 2.24) is 14.2 Å². The summed E-state index contributed by atoms with van der Waals surface area (Å²) in [6.07, 6.45) is 0.557. The van der Waals surface area contributed by atoms with Crippen molar-refractivity contribution in [3.63, 3.8) is 0 Å². The minimum Gasteiger partial charge on any atom is -0.375 e. The van der Waals surface area contributed by atoms with Crippen LogP contribution in [0, 0.1) is 6.92 Å². The lowest BCUT2D eigenvalue weighted by molar-refractivity contribution is -0.134. The third kappa shape index (κ3) is 2.89. The van der Waals surface area contributed by atoms with Crippen LogP contribution in [0.2, 0.25) is 0 Å². The Bertz CT molecular complexity index is 988. The molecule has 27 heavy (non-hydrogen) atoms. The zero-order chi connectivity index (χ0) is 19.2. The number of fused-ring (bicyclic) bond motifs is 2. The normalized spacial score (nSPS) is 23.9. The first-order valence-electron chi connectivity index (χ1n) is 8.68. The van der Waals surface area contributed by atoms with Gasteiger partial charge in [-0.15, -0.1) is 11.3 Å². The van der Waals surface area contributed by atoms with E-state index < -0.39 is 15.6 Å². The van der Waals surface area contributed by atoms with Gasteiger partial charge in [0.15, 0.2) is 0 Å². The Kier molecular flexibility index (Phi) is 4.58. The molecule has 2 aromatic rings. The lowest BCUT2D eigenvalue weighted by Gasteiger charge is -2.33. The van der Waals surface area contributed by atoms with Crippen LogP contribution in [0.25, 0.3) is 0 Å². The third-order valence-electron chi connectivity index (χ3n) is 5.27. The molecule has 0 N–H and O–H groups in total. The monoisotopic (exact) mass is 407 g/mol. The maximum Gasteiger partial charge on any atom is 0.248 e. The maximum atomic E-state index is 13.3. The summed E-state index contributed by atoms with van der Waals surface area (Å²) in [5, 5.41) is 2.79. The molecular formula is C18H21N3O4S2. The molecule has 1 fully saturated rings. The summed E-state index contributed by atoms with van der Waals surface area (Å²) in [5.74, 6) is -0.124. The molecule has 1 aromatic carbocycles. The van der Waals surface area contributed by atoms with Gasteiger partial charge in [-0.25, -0.2) is 13.4 Å². The molecule has 4 rings (SSSR count). The Morgan fingerprint density at radius 1 is 1.37 bits per heavy atom. The summed E-state index contributed by atoms with van der Waals surface area (Å²) >= 11 is 1.50. The SMILES string of the molecule is COCC(=O)N1CCC2(C1)c1ccccc1S(=O)(=O)N2Cc1csc(C)n1. The van der Waals surface area contributed by atoms with Crippen molar-refractivity contribution in [3.05, 3.63) is 45.9 Å². The number of aromatic nitrogens is 1. The Hall–Kier alpha value is -1.81. The van der Waals surface area contributed by atoms with Gasteiger partial charge in [0.2, 0.25) is 15.9 Å². The number of aryl methyl sites for hydroxylation is 1. The number of thiazole rings is 1. The Morgan fingerprint density at radius 3 is 2.85 bits per heavy atom. The molecule has 1 aromatic heterocycles. The molecule has 1 saturated heterocycles. The van der Waals surface area contributed by atoms with Crippen LogP contribution in [-0.2, 0) is 31.6 Å². The molecule has 9 heteroatoms. The minimum absolute atomic E-state index is 0.00421. The summed E-state index contributed by atoms with van der Waals surface area (Å²) in [4.78, 5) is 18.8. The second kappa shape index (κ2) is 6.66. The third-order valence-corrected chi connectivity index (χ3v) is 8.07. The van der Waals surface area contributed by atoms with Gasteiger partial charge in [-0.2, -0.15) is 4.31 Å². The fourth-order valence-corrected chi connectivity index (χ4v) is 6.71. The molecule has 0 radical (unpaired) electrons. The number of amides is 1. The number of nitrogens with zero attached hydrogens (tertiary/aromatic N) is 3. The van der Waals surface area contributed by atoms with Crippen molar-refractivity contribution in [1.29, 1.82) is 0 Å². The van der Waals surface area contributed by atoms with Gasteiger partial charge in [0.25, 0.3) is 0 Å². The van der Waals surface area contributed by atoms with E-state index in [1.165, 1.54) is 18.4 Å². The van der Waals surface area contributed by atoms with E-state index in [1.54, 1.807) is 21.3 Å². The Labute approximate surface area is 162 Å². The summed E-state index contributed by atoms with van der Waals surface area (Å²) in [7, 11) is -2.18. The van der Waals surface area contributed by atoms with E-state index in [9.17, 15) is 13.2 Å². The number of hydrogen-bond acceptors (Lipinski definition) is 6. The van der Waals surface area contributed by atoms with Gasteiger partial charge in [0.1, 0.15) is 6.61 Å². The van der Waals surface area contributed by atoms with Crippen molar-refractivity contribution in [3.8, 4) is 0 Å². The number of likely N-dealkylation sites (tertiary alicyclic amines) is 1. The van der Waals surface area contributed by atoms with Crippen LogP contribution in [0.1, 0.15) is 22.7 Å². The van der Waals surface area contributed by atoms with E-state index in [-0.39, 0.29) is 19.1 Å². The lowest BCUT2D eigenvalue weighted by Crippen LogP contribution is -2.46. The van der Waals surface area contributed by atoms with Crippen LogP contribution in [0.15, 0.2) is 34.5 Å². The molecule has 3 heterocycles. The van der Waals surface area contributed by atoms with Gasteiger partial charge in [0.05, 0.1) is 27.7 Å². The molecular weight excluding hydrogens is 386 g/mol. The zero-order valence-corrected chi connectivity index (χ0v) is 16.8. The quantitative estimate of drug-likeness (QED) is 0.771. The van der Waals surface area contributed by atoms with Crippen LogP contribution in [0.3, 0.4) is 0 Å². The van der Waals surface area contributed by atoms with Gasteiger partial charge in [0, 0.05) is 25.6 Å². The van der Waals surface area contributed by atoms with E-state index in [2.05, 4.69) is 4.98 Å². The van der Waals surface area contributed by atoms with E-state index in [4.69, 9.17) is 4.74 Å². The molecule has 1 amide bonds. The first kappa shape index (κ1) is 18.5. The van der Waals surface area contributed by atoms with E-state index in [0.717, 1.165) is 16.3 Å². The van der Waals surface area contributed by atoms with Gasteiger partial charge >= 0.3 is 0 Å². The van der Waals surface area contributed by atoms with Crippen LogP contribution >= 0.6 is 11.3 Å². The van der Waals surface area contributed by atoms with E-state index >= 15 is 0 Å². The fraction of sp³-hybridized carbons (Fsp3) is 0.444. The second-order valence-electron chi connectivity index (χ2n) is 6.90. The van der Waals surface area contributed by atoms with Crippen molar-refractivity contribution in [2.45, 2.75) is 30.3 Å². The van der Waals surface area contributed by atoms with E-state index in [1.807, 2.05) is 24.4 Å². The van der Waals surface area contributed by atoms with Gasteiger partial charge in [-0.05, 0) is 25.0 Å². The number of ether oxygens (including phenoxy) is 1. The number of sulfonamides is 1. The predicted octanol–water partition coefficient (Wildman–Crippen LogP) is 1.73. The van der Waals surface area contributed by atoms with Crippen molar-refractivity contribution < 1.29 is 17.9 Å². The Balaban J connectivity index is 1.78. The number of hydrogen-bond donors (Lipinski definition) is 0. The molecule has 2 aliphatic rings. The van der Waals surface area contributed by atoms with Crippen molar-refractivity contribution in [2.24, 2.45) is 0 Å². The lowest BCUT2D eigenvalue weighted by atomic mass is 9.89. The highest BCUT2D eigenvalue weighted by Crippen LogP contribution is 2.50. The topological polar surface area (TPSA) is 79.8 Å². The van der Waals surface area contributed by atoms with E-state index in [0.29, 0.717) is 24.4 Å². The minimum atomic E-state index is -3.66. The summed E-state index contributed by atoms with van der Waals surface area (Å²) in [5.41, 5.74) is 0.746. The second-order valence-corrected chi connectivity index (χ2v) is 9.79. The molecule has 0 bridgehead atoms. The molecule has 0 aliphatic carbocycles. The van der Waals surface area contributed by atoms with Crippen LogP contribution < -0.4 is 0 Å². The molecule has 1 unspecified atom stereocenters. The summed E-state index contributed by atoms with van der Waals surface area (Å²) in [6.45, 7) is 2.93. The average molecular weight is 408 g/mol. The number of carbonyl (C=O) groups excluding carboxylic acids is 1. The van der Waals surface area contributed by atoms with Crippen LogP contribution in [-0.4, -0.2) is 55.3 Å². The predicted molar refractivity (Wildman–Crippen MR) is 101 cm³/mol. The highest BCUT2D eigenvalue weighted by Gasteiger charge is 2.57. The molecule has 1 spiro atoms. The highest BCUT2D eigenvalue weighted by atomic mass is 32.2. The summed E-state index contributed by atoms with van der Waals surface area (Å²) < 4.78 is 33.2. The standard InChI is InChI=1S/C18H21N3O4S2/c1-13-19-14(11-26-13)9-21-18(7-8-20(12-18)17(22)10-25-2)15-5-3-4-6-16(15)27(21,23)24/h3-6,11H,7-10,12H2,1-2H3. The fourth-order valence-electron chi connectivity index (χ4n) is 4.07. The van der Waals surface area contributed by atoms with Gasteiger partial charge in [-0.3, -0.25) is 4.79 Å². The number of methoxy groups -OCH3 is 1. The smallest absolute Gasteiger partial charge is 0.248 e. The number of rotatable bonds is 4. The number of benzene rings is 1.